The maximum absolute atomic E-state index is 11.0. The van der Waals surface area contributed by atoms with Crippen molar-refractivity contribution in [2.45, 2.75) is 25.0 Å². The fourth-order valence-corrected chi connectivity index (χ4v) is 1.84. The van der Waals surface area contributed by atoms with Crippen LogP contribution < -0.4 is 5.73 Å². The average molecular weight is 222 g/mol. The van der Waals surface area contributed by atoms with Gasteiger partial charge in [-0.2, -0.15) is 0 Å². The minimum atomic E-state index is -0.472. The van der Waals surface area contributed by atoms with E-state index in [4.69, 9.17) is 15.6 Å². The number of nitrogens with two attached hydrogens (primary N) is 1. The van der Waals surface area contributed by atoms with Gasteiger partial charge < -0.3 is 15.6 Å². The first-order valence-electron chi connectivity index (χ1n) is 5.23. The van der Waals surface area contributed by atoms with E-state index in [0.29, 0.717) is 11.3 Å². The fourth-order valence-electron chi connectivity index (χ4n) is 1.84. The van der Waals surface area contributed by atoms with Gasteiger partial charge in [0, 0.05) is 11.8 Å². The van der Waals surface area contributed by atoms with Crippen LogP contribution in [0.4, 0.5) is 0 Å². The molecule has 5 heteroatoms. The number of primary amides is 1. The summed E-state index contributed by atoms with van der Waals surface area (Å²) in [6.45, 7) is 0.0199. The maximum atomic E-state index is 11.0. The number of hydrogen-bond donors (Lipinski definition) is 2. The molecule has 0 aliphatic carbocycles. The number of pyridine rings is 1. The Morgan fingerprint density at radius 1 is 1.62 bits per heavy atom. The predicted molar refractivity (Wildman–Crippen MR) is 56.7 cm³/mol. The summed E-state index contributed by atoms with van der Waals surface area (Å²) in [4.78, 5) is 15.2. The first-order chi connectivity index (χ1) is 7.70. The van der Waals surface area contributed by atoms with Crippen molar-refractivity contribution in [1.82, 2.24) is 4.98 Å². The first-order valence-corrected chi connectivity index (χ1v) is 5.23. The lowest BCUT2D eigenvalue weighted by Gasteiger charge is -2.11. The number of aliphatic hydroxyl groups is 1. The van der Waals surface area contributed by atoms with Crippen LogP contribution >= 0.6 is 0 Å². The van der Waals surface area contributed by atoms with Crippen molar-refractivity contribution >= 4 is 5.91 Å². The van der Waals surface area contributed by atoms with Crippen LogP contribution in [-0.2, 0) is 4.74 Å². The highest BCUT2D eigenvalue weighted by molar-refractivity contribution is 5.92. The predicted octanol–water partition coefficient (Wildman–Crippen LogP) is 0.393. The Labute approximate surface area is 93.2 Å². The molecular weight excluding hydrogens is 208 g/mol. The molecule has 2 atom stereocenters. The van der Waals surface area contributed by atoms with Crippen molar-refractivity contribution in [3.63, 3.8) is 0 Å². The third-order valence-corrected chi connectivity index (χ3v) is 2.71. The molecule has 1 aromatic rings. The Hall–Kier alpha value is -1.46. The highest BCUT2D eigenvalue weighted by atomic mass is 16.5. The summed E-state index contributed by atoms with van der Waals surface area (Å²) in [6, 6.07) is 3.22. The van der Waals surface area contributed by atoms with Gasteiger partial charge in [0.15, 0.2) is 0 Å². The zero-order valence-corrected chi connectivity index (χ0v) is 8.80. The van der Waals surface area contributed by atoms with Crippen molar-refractivity contribution < 1.29 is 14.6 Å². The molecule has 1 aliphatic heterocycles. The molecule has 5 nitrogen and oxygen atoms in total. The number of carbonyl (C=O) groups is 1. The lowest BCUT2D eigenvalue weighted by atomic mass is 10.1. The van der Waals surface area contributed by atoms with Crippen LogP contribution in [0.3, 0.4) is 0 Å². The molecule has 0 aromatic carbocycles. The van der Waals surface area contributed by atoms with Gasteiger partial charge in [-0.1, -0.05) is 0 Å². The largest absolute Gasteiger partial charge is 0.394 e. The van der Waals surface area contributed by atoms with E-state index in [9.17, 15) is 4.79 Å². The number of rotatable bonds is 3. The van der Waals surface area contributed by atoms with Crippen LogP contribution in [0.25, 0.3) is 0 Å². The standard InChI is InChI=1S/C11H14N2O3/c12-11(15)7-3-4-13-9(5-7)10-2-1-8(6-14)16-10/h3-5,8,10,14H,1-2,6H2,(H2,12,15)/t8-,10+/m0/s1. The van der Waals surface area contributed by atoms with E-state index < -0.39 is 5.91 Å². The van der Waals surface area contributed by atoms with Crippen LogP contribution in [0, 0.1) is 0 Å². The summed E-state index contributed by atoms with van der Waals surface area (Å²) >= 11 is 0. The maximum Gasteiger partial charge on any atom is 0.248 e. The van der Waals surface area contributed by atoms with Gasteiger partial charge >= 0.3 is 0 Å². The van der Waals surface area contributed by atoms with Crippen molar-refractivity contribution in [2.75, 3.05) is 6.61 Å². The summed E-state index contributed by atoms with van der Waals surface area (Å²) in [5.41, 5.74) is 6.32. The number of hydrogen-bond acceptors (Lipinski definition) is 4. The lowest BCUT2D eigenvalue weighted by molar-refractivity contribution is 0.00921. The third kappa shape index (κ3) is 2.20. The van der Waals surface area contributed by atoms with Gasteiger partial charge in [-0.25, -0.2) is 0 Å². The molecular formula is C11H14N2O3. The normalized spacial score (nSPS) is 24.6. The molecule has 1 saturated heterocycles. The molecule has 86 valence electrons. The zero-order chi connectivity index (χ0) is 11.5. The molecule has 2 heterocycles. The lowest BCUT2D eigenvalue weighted by Crippen LogP contribution is -2.14. The molecule has 16 heavy (non-hydrogen) atoms. The Morgan fingerprint density at radius 3 is 3.06 bits per heavy atom. The summed E-state index contributed by atoms with van der Waals surface area (Å²) < 4.78 is 5.57. The second kappa shape index (κ2) is 4.59. The molecule has 0 bridgehead atoms. The molecule has 0 spiro atoms. The van der Waals surface area contributed by atoms with Gasteiger partial charge in [0.2, 0.25) is 5.91 Å². The Bertz CT molecular complexity index is 395. The summed E-state index contributed by atoms with van der Waals surface area (Å²) in [5, 5.41) is 8.95. The van der Waals surface area contributed by atoms with E-state index in [0.717, 1.165) is 12.8 Å². The van der Waals surface area contributed by atoms with Gasteiger partial charge in [0.05, 0.1) is 18.4 Å². The van der Waals surface area contributed by atoms with Crippen molar-refractivity contribution in [2.24, 2.45) is 5.73 Å². The Kier molecular flexibility index (Phi) is 3.17. The number of aliphatic hydroxyl groups excluding tert-OH is 1. The molecule has 1 fully saturated rings. The van der Waals surface area contributed by atoms with E-state index in [1.54, 1.807) is 18.3 Å². The highest BCUT2D eigenvalue weighted by Gasteiger charge is 2.27. The minimum Gasteiger partial charge on any atom is -0.394 e. The van der Waals surface area contributed by atoms with Crippen LogP contribution in [0.2, 0.25) is 0 Å². The van der Waals surface area contributed by atoms with Crippen molar-refractivity contribution in [3.8, 4) is 0 Å². The van der Waals surface area contributed by atoms with Gasteiger partial charge in [-0.15, -0.1) is 0 Å². The van der Waals surface area contributed by atoms with Crippen LogP contribution in [-0.4, -0.2) is 28.7 Å². The Balaban J connectivity index is 2.15. The number of nitrogens with zero attached hydrogens (tertiary/aromatic N) is 1. The van der Waals surface area contributed by atoms with E-state index >= 15 is 0 Å². The summed E-state index contributed by atoms with van der Waals surface area (Å²) in [5.74, 6) is -0.472. The molecule has 0 radical (unpaired) electrons. The topological polar surface area (TPSA) is 85.4 Å². The van der Waals surface area contributed by atoms with Crippen LogP contribution in [0.15, 0.2) is 18.3 Å². The number of ether oxygens (including phenoxy) is 1. The van der Waals surface area contributed by atoms with Gasteiger partial charge in [-0.3, -0.25) is 9.78 Å². The van der Waals surface area contributed by atoms with E-state index in [1.165, 1.54) is 0 Å². The van der Waals surface area contributed by atoms with Gasteiger partial charge in [-0.05, 0) is 25.0 Å². The minimum absolute atomic E-state index is 0.0199. The zero-order valence-electron chi connectivity index (χ0n) is 8.80. The molecule has 0 saturated carbocycles. The van der Waals surface area contributed by atoms with Crippen LogP contribution in [0.1, 0.15) is 35.0 Å². The molecule has 0 unspecified atom stereocenters. The third-order valence-electron chi connectivity index (χ3n) is 2.71. The van der Waals surface area contributed by atoms with Crippen molar-refractivity contribution in [3.05, 3.63) is 29.6 Å². The quantitative estimate of drug-likeness (QED) is 0.774. The van der Waals surface area contributed by atoms with Crippen LogP contribution in [0.5, 0.6) is 0 Å². The second-order valence-electron chi connectivity index (χ2n) is 3.84. The monoisotopic (exact) mass is 222 g/mol. The van der Waals surface area contributed by atoms with Gasteiger partial charge in [0.1, 0.15) is 6.10 Å². The number of amides is 1. The second-order valence-corrected chi connectivity index (χ2v) is 3.84. The molecule has 1 aromatic heterocycles. The SMILES string of the molecule is NC(=O)c1ccnc([C@H]2CC[C@@H](CO)O2)c1. The smallest absolute Gasteiger partial charge is 0.248 e. The molecule has 3 N–H and O–H groups in total. The number of aromatic nitrogens is 1. The summed E-state index contributed by atoms with van der Waals surface area (Å²) in [7, 11) is 0. The highest BCUT2D eigenvalue weighted by Crippen LogP contribution is 2.31. The fraction of sp³-hybridized carbons (Fsp3) is 0.455. The Morgan fingerprint density at radius 2 is 2.44 bits per heavy atom. The first kappa shape index (κ1) is 11.0. The van der Waals surface area contributed by atoms with E-state index in [1.807, 2.05) is 0 Å². The van der Waals surface area contributed by atoms with Crippen molar-refractivity contribution in [1.29, 1.82) is 0 Å². The summed E-state index contributed by atoms with van der Waals surface area (Å²) in [6.07, 6.45) is 2.90. The number of carbonyl (C=O) groups excluding carboxylic acids is 1. The molecule has 2 rings (SSSR count). The average Bonchev–Trinajstić information content (AvgIpc) is 2.77. The van der Waals surface area contributed by atoms with E-state index in [-0.39, 0.29) is 18.8 Å². The van der Waals surface area contributed by atoms with Gasteiger partial charge in [0.25, 0.3) is 0 Å². The molecule has 1 aliphatic rings. The van der Waals surface area contributed by atoms with E-state index in [2.05, 4.69) is 4.98 Å². The molecule has 1 amide bonds.